The zero-order valence-corrected chi connectivity index (χ0v) is 14.3. The summed E-state index contributed by atoms with van der Waals surface area (Å²) in [5.74, 6) is -0.242. The molecule has 2 aromatic carbocycles. The Hall–Kier alpha value is -2.82. The summed E-state index contributed by atoms with van der Waals surface area (Å²) < 4.78 is 5.24. The summed E-state index contributed by atoms with van der Waals surface area (Å²) in [6, 6.07) is 14.2. The minimum atomic E-state index is -0.593. The summed E-state index contributed by atoms with van der Waals surface area (Å²) in [7, 11) is 0. The summed E-state index contributed by atoms with van der Waals surface area (Å²) >= 11 is 0. The van der Waals surface area contributed by atoms with Crippen molar-refractivity contribution in [1.82, 2.24) is 0 Å². The molecule has 0 aliphatic heterocycles. The van der Waals surface area contributed by atoms with E-state index in [0.29, 0.717) is 16.9 Å². The molecule has 0 aromatic heterocycles. The summed E-state index contributed by atoms with van der Waals surface area (Å²) in [4.78, 5) is 24.3. The third kappa shape index (κ3) is 5.12. The number of hydrogen-bond donors (Lipinski definition) is 2. The van der Waals surface area contributed by atoms with E-state index in [-0.39, 0.29) is 5.91 Å². The zero-order valence-electron chi connectivity index (χ0n) is 14.3. The van der Waals surface area contributed by atoms with Gasteiger partial charge in [-0.05, 0) is 52.0 Å². The van der Waals surface area contributed by atoms with Gasteiger partial charge in [-0.1, -0.05) is 29.8 Å². The zero-order chi connectivity index (χ0) is 17.7. The highest BCUT2D eigenvalue weighted by molar-refractivity contribution is 6.06. The second-order valence-corrected chi connectivity index (χ2v) is 6.49. The first-order chi connectivity index (χ1) is 11.2. The number of benzene rings is 2. The molecule has 2 rings (SSSR count). The molecule has 0 heterocycles. The van der Waals surface area contributed by atoms with Crippen molar-refractivity contribution < 1.29 is 14.3 Å². The first-order valence-electron chi connectivity index (χ1n) is 7.72. The average Bonchev–Trinajstić information content (AvgIpc) is 2.48. The van der Waals surface area contributed by atoms with Crippen LogP contribution >= 0.6 is 0 Å². The van der Waals surface area contributed by atoms with Gasteiger partial charge in [0.25, 0.3) is 5.91 Å². The first kappa shape index (κ1) is 17.5. The number of amides is 2. The molecule has 0 aliphatic rings. The minimum absolute atomic E-state index is 0.242. The molecular formula is C19H22N2O3. The summed E-state index contributed by atoms with van der Waals surface area (Å²) in [5.41, 5.74) is 2.02. The molecule has 0 unspecified atom stereocenters. The molecule has 2 amide bonds. The van der Waals surface area contributed by atoms with Crippen LogP contribution in [-0.4, -0.2) is 17.6 Å². The maximum Gasteiger partial charge on any atom is 0.412 e. The molecule has 2 aromatic rings. The molecule has 0 radical (unpaired) electrons. The average molecular weight is 326 g/mol. The Morgan fingerprint density at radius 2 is 1.42 bits per heavy atom. The quantitative estimate of drug-likeness (QED) is 0.866. The van der Waals surface area contributed by atoms with Crippen LogP contribution in [0.25, 0.3) is 0 Å². The Labute approximate surface area is 142 Å². The highest BCUT2D eigenvalue weighted by atomic mass is 16.6. The lowest BCUT2D eigenvalue weighted by molar-refractivity contribution is 0.0635. The van der Waals surface area contributed by atoms with Gasteiger partial charge in [0.2, 0.25) is 0 Å². The molecule has 0 fully saturated rings. The van der Waals surface area contributed by atoms with Gasteiger partial charge in [-0.25, -0.2) is 4.79 Å². The number of anilines is 2. The standard InChI is InChI=1S/C19H22N2O3/c1-13-9-11-14(12-10-13)17(22)20-15-7-5-6-8-16(15)21-18(23)24-19(2,3)4/h5-12H,1-4H3,(H,20,22)(H,21,23). The molecule has 24 heavy (non-hydrogen) atoms. The summed E-state index contributed by atoms with van der Waals surface area (Å²) in [6.07, 6.45) is -0.570. The minimum Gasteiger partial charge on any atom is -0.444 e. The summed E-state index contributed by atoms with van der Waals surface area (Å²) in [5, 5.41) is 5.46. The Morgan fingerprint density at radius 3 is 1.96 bits per heavy atom. The normalized spacial score (nSPS) is 10.8. The number of carbonyl (C=O) groups excluding carboxylic acids is 2. The SMILES string of the molecule is Cc1ccc(C(=O)Nc2ccccc2NC(=O)OC(C)(C)C)cc1. The number of ether oxygens (including phenoxy) is 1. The van der Waals surface area contributed by atoms with Gasteiger partial charge in [-0.15, -0.1) is 0 Å². The van der Waals surface area contributed by atoms with Crippen LogP contribution in [0.1, 0.15) is 36.7 Å². The third-order valence-electron chi connectivity index (χ3n) is 3.12. The van der Waals surface area contributed by atoms with Crippen molar-refractivity contribution in [1.29, 1.82) is 0 Å². The van der Waals surface area contributed by atoms with Crippen LogP contribution < -0.4 is 10.6 Å². The highest BCUT2D eigenvalue weighted by Crippen LogP contribution is 2.22. The van der Waals surface area contributed by atoms with E-state index in [4.69, 9.17) is 4.74 Å². The van der Waals surface area contributed by atoms with Crippen molar-refractivity contribution in [3.63, 3.8) is 0 Å². The molecule has 2 N–H and O–H groups in total. The fraction of sp³-hybridized carbons (Fsp3) is 0.263. The first-order valence-corrected chi connectivity index (χ1v) is 7.72. The van der Waals surface area contributed by atoms with Crippen molar-refractivity contribution >= 4 is 23.4 Å². The molecule has 0 saturated carbocycles. The number of aryl methyl sites for hydroxylation is 1. The van der Waals surface area contributed by atoms with Crippen LogP contribution in [0.5, 0.6) is 0 Å². The van der Waals surface area contributed by atoms with E-state index in [1.165, 1.54) is 0 Å². The van der Waals surface area contributed by atoms with E-state index in [1.807, 2.05) is 19.1 Å². The summed E-state index contributed by atoms with van der Waals surface area (Å²) in [6.45, 7) is 7.33. The number of hydrogen-bond acceptors (Lipinski definition) is 3. The topological polar surface area (TPSA) is 67.4 Å². The van der Waals surface area contributed by atoms with Crippen molar-refractivity contribution in [3.05, 3.63) is 59.7 Å². The van der Waals surface area contributed by atoms with E-state index >= 15 is 0 Å². The molecule has 0 atom stereocenters. The number of nitrogens with one attached hydrogen (secondary N) is 2. The predicted octanol–water partition coefficient (Wildman–Crippen LogP) is 4.59. The lowest BCUT2D eigenvalue weighted by Gasteiger charge is -2.20. The Kier molecular flexibility index (Phi) is 5.24. The van der Waals surface area contributed by atoms with Gasteiger partial charge in [0.05, 0.1) is 11.4 Å². The Morgan fingerprint density at radius 1 is 0.875 bits per heavy atom. The van der Waals surface area contributed by atoms with Gasteiger partial charge < -0.3 is 10.1 Å². The smallest absolute Gasteiger partial charge is 0.412 e. The molecule has 5 nitrogen and oxygen atoms in total. The van der Waals surface area contributed by atoms with E-state index in [9.17, 15) is 9.59 Å². The maximum atomic E-state index is 12.3. The number of carbonyl (C=O) groups is 2. The van der Waals surface area contributed by atoms with Gasteiger partial charge in [0, 0.05) is 5.56 Å². The van der Waals surface area contributed by atoms with Gasteiger partial charge >= 0.3 is 6.09 Å². The van der Waals surface area contributed by atoms with Crippen LogP contribution in [0.3, 0.4) is 0 Å². The lowest BCUT2D eigenvalue weighted by Crippen LogP contribution is -2.27. The molecule has 0 saturated heterocycles. The molecule has 126 valence electrons. The second kappa shape index (κ2) is 7.17. The lowest BCUT2D eigenvalue weighted by atomic mass is 10.1. The van der Waals surface area contributed by atoms with Gasteiger partial charge in [0.15, 0.2) is 0 Å². The van der Waals surface area contributed by atoms with Crippen LogP contribution in [-0.2, 0) is 4.74 Å². The molecular weight excluding hydrogens is 304 g/mol. The Balaban J connectivity index is 2.12. The highest BCUT2D eigenvalue weighted by Gasteiger charge is 2.17. The fourth-order valence-corrected chi connectivity index (χ4v) is 2.01. The van der Waals surface area contributed by atoms with Crippen LogP contribution in [0, 0.1) is 6.92 Å². The Bertz CT molecular complexity index is 731. The van der Waals surface area contributed by atoms with E-state index in [1.54, 1.807) is 57.2 Å². The van der Waals surface area contributed by atoms with Crippen molar-refractivity contribution in [3.8, 4) is 0 Å². The molecule has 0 aliphatic carbocycles. The van der Waals surface area contributed by atoms with Crippen molar-refractivity contribution in [2.45, 2.75) is 33.3 Å². The van der Waals surface area contributed by atoms with E-state index in [2.05, 4.69) is 10.6 Å². The van der Waals surface area contributed by atoms with Gasteiger partial charge in [-0.2, -0.15) is 0 Å². The van der Waals surface area contributed by atoms with Crippen molar-refractivity contribution in [2.75, 3.05) is 10.6 Å². The van der Waals surface area contributed by atoms with Crippen LogP contribution in [0.15, 0.2) is 48.5 Å². The van der Waals surface area contributed by atoms with Crippen molar-refractivity contribution in [2.24, 2.45) is 0 Å². The van der Waals surface area contributed by atoms with Gasteiger partial charge in [0.1, 0.15) is 5.60 Å². The second-order valence-electron chi connectivity index (χ2n) is 6.49. The van der Waals surface area contributed by atoms with Gasteiger partial charge in [-0.3, -0.25) is 10.1 Å². The number of para-hydroxylation sites is 2. The largest absolute Gasteiger partial charge is 0.444 e. The maximum absolute atomic E-state index is 12.3. The molecule has 5 heteroatoms. The van der Waals surface area contributed by atoms with E-state index < -0.39 is 11.7 Å². The fourth-order valence-electron chi connectivity index (χ4n) is 2.01. The third-order valence-corrected chi connectivity index (χ3v) is 3.12. The van der Waals surface area contributed by atoms with E-state index in [0.717, 1.165) is 5.56 Å². The monoisotopic (exact) mass is 326 g/mol. The number of rotatable bonds is 3. The van der Waals surface area contributed by atoms with Crippen LogP contribution in [0.2, 0.25) is 0 Å². The molecule has 0 bridgehead atoms. The predicted molar refractivity (Wildman–Crippen MR) is 95.4 cm³/mol. The van der Waals surface area contributed by atoms with Crippen LogP contribution in [0.4, 0.5) is 16.2 Å². The molecule has 0 spiro atoms.